The van der Waals surface area contributed by atoms with Crippen molar-refractivity contribution in [3.63, 3.8) is 0 Å². The van der Waals surface area contributed by atoms with Crippen LogP contribution in [0.1, 0.15) is 41.6 Å². The number of carbonyl (C=O) groups excluding carboxylic acids is 1. The second kappa shape index (κ2) is 8.78. The second-order valence-corrected chi connectivity index (χ2v) is 6.72. The zero-order chi connectivity index (χ0) is 18.4. The Morgan fingerprint density at radius 1 is 1.23 bits per heavy atom. The van der Waals surface area contributed by atoms with Gasteiger partial charge in [0.15, 0.2) is 0 Å². The van der Waals surface area contributed by atoms with Crippen molar-refractivity contribution in [1.29, 1.82) is 0 Å². The molecule has 0 bridgehead atoms. The highest BCUT2D eigenvalue weighted by Gasteiger charge is 2.19. The molecule has 6 nitrogen and oxygen atoms in total. The predicted octanol–water partition coefficient (Wildman–Crippen LogP) is 2.41. The molecule has 26 heavy (non-hydrogen) atoms. The summed E-state index contributed by atoms with van der Waals surface area (Å²) in [6.07, 6.45) is 6.21. The van der Waals surface area contributed by atoms with Gasteiger partial charge in [-0.1, -0.05) is 12.1 Å². The molecule has 2 aromatic rings. The summed E-state index contributed by atoms with van der Waals surface area (Å²) in [6, 6.07) is 11.5. The molecule has 0 saturated heterocycles. The van der Waals surface area contributed by atoms with E-state index in [0.29, 0.717) is 23.2 Å². The summed E-state index contributed by atoms with van der Waals surface area (Å²) in [6.45, 7) is 0.897. The van der Waals surface area contributed by atoms with E-state index in [1.54, 1.807) is 12.1 Å². The van der Waals surface area contributed by atoms with Gasteiger partial charge < -0.3 is 20.9 Å². The Hall–Kier alpha value is -2.44. The molecule has 3 rings (SSSR count). The fraction of sp³-hybridized carbons (Fsp3) is 0.400. The average Bonchev–Trinajstić information content (AvgIpc) is 2.64. The number of nitrogens with two attached hydrogens (primary N) is 1. The van der Waals surface area contributed by atoms with Crippen molar-refractivity contribution in [3.05, 3.63) is 53.7 Å². The number of aromatic nitrogens is 1. The number of hydrogen-bond donors (Lipinski definition) is 3. The van der Waals surface area contributed by atoms with Crippen LogP contribution in [0.3, 0.4) is 0 Å². The molecule has 0 aliphatic heterocycles. The fourth-order valence-electron chi connectivity index (χ4n) is 3.20. The van der Waals surface area contributed by atoms with Crippen LogP contribution in [0.2, 0.25) is 0 Å². The molecule has 6 heteroatoms. The van der Waals surface area contributed by atoms with Crippen molar-refractivity contribution in [2.45, 2.75) is 44.2 Å². The largest absolute Gasteiger partial charge is 0.439 e. The minimum atomic E-state index is -0.509. The van der Waals surface area contributed by atoms with Gasteiger partial charge in [-0.15, -0.1) is 0 Å². The van der Waals surface area contributed by atoms with E-state index in [2.05, 4.69) is 10.3 Å². The molecule has 1 aliphatic carbocycles. The number of ether oxygens (including phenoxy) is 1. The quantitative estimate of drug-likeness (QED) is 0.708. The lowest BCUT2D eigenvalue weighted by molar-refractivity contribution is 0.0999. The van der Waals surface area contributed by atoms with Crippen LogP contribution in [0.25, 0.3) is 0 Å². The van der Waals surface area contributed by atoms with Gasteiger partial charge in [0.1, 0.15) is 5.75 Å². The van der Waals surface area contributed by atoms with Gasteiger partial charge in [0.2, 0.25) is 11.8 Å². The number of primary amides is 1. The molecule has 1 amide bonds. The first kappa shape index (κ1) is 18.4. The minimum Gasteiger partial charge on any atom is -0.439 e. The molecule has 1 aliphatic rings. The molecule has 138 valence electrons. The highest BCUT2D eigenvalue weighted by atomic mass is 16.5. The van der Waals surface area contributed by atoms with E-state index < -0.39 is 5.91 Å². The zero-order valence-electron chi connectivity index (χ0n) is 14.7. The number of rotatable bonds is 7. The second-order valence-electron chi connectivity index (χ2n) is 6.72. The van der Waals surface area contributed by atoms with Crippen LogP contribution in [0, 0.1) is 0 Å². The zero-order valence-corrected chi connectivity index (χ0v) is 14.7. The number of benzene rings is 1. The Labute approximate surface area is 153 Å². The maximum atomic E-state index is 11.0. The van der Waals surface area contributed by atoms with Gasteiger partial charge in [0.05, 0.1) is 11.7 Å². The van der Waals surface area contributed by atoms with E-state index in [1.165, 1.54) is 11.8 Å². The lowest BCUT2D eigenvalue weighted by atomic mass is 9.93. The predicted molar refractivity (Wildman–Crippen MR) is 99.2 cm³/mol. The minimum absolute atomic E-state index is 0.150. The van der Waals surface area contributed by atoms with Crippen LogP contribution < -0.4 is 15.8 Å². The van der Waals surface area contributed by atoms with E-state index in [1.807, 2.05) is 24.3 Å². The first-order chi connectivity index (χ1) is 12.6. The number of aliphatic hydroxyl groups excluding tert-OH is 1. The standard InChI is InChI=1S/C20H25N3O3/c21-20(25)15-6-9-19(23-13-15)26-18-7-4-14(5-8-18)10-11-22-16-2-1-3-17(24)12-16/h4-9,13,16-17,22,24H,1-3,10-12H2,(H2,21,25)/t16-,17+/m0/s1. The molecule has 1 aromatic heterocycles. The van der Waals surface area contributed by atoms with Gasteiger partial charge in [0.25, 0.3) is 0 Å². The summed E-state index contributed by atoms with van der Waals surface area (Å²) in [7, 11) is 0. The van der Waals surface area contributed by atoms with Crippen LogP contribution in [-0.2, 0) is 6.42 Å². The average molecular weight is 355 g/mol. The van der Waals surface area contributed by atoms with Crippen molar-refractivity contribution in [1.82, 2.24) is 10.3 Å². The lowest BCUT2D eigenvalue weighted by Crippen LogP contribution is -2.37. The molecular formula is C20H25N3O3. The van der Waals surface area contributed by atoms with E-state index >= 15 is 0 Å². The Morgan fingerprint density at radius 3 is 2.69 bits per heavy atom. The summed E-state index contributed by atoms with van der Waals surface area (Å²) in [5.74, 6) is 0.599. The fourth-order valence-corrected chi connectivity index (χ4v) is 3.20. The van der Waals surface area contributed by atoms with Crippen molar-refractivity contribution >= 4 is 5.91 Å². The van der Waals surface area contributed by atoms with Crippen molar-refractivity contribution in [2.24, 2.45) is 5.73 Å². The van der Waals surface area contributed by atoms with Crippen LogP contribution in [0.4, 0.5) is 0 Å². The normalized spacial score (nSPS) is 19.9. The molecule has 1 heterocycles. The van der Waals surface area contributed by atoms with Gasteiger partial charge in [-0.25, -0.2) is 4.98 Å². The number of hydrogen-bond acceptors (Lipinski definition) is 5. The summed E-state index contributed by atoms with van der Waals surface area (Å²) >= 11 is 0. The van der Waals surface area contributed by atoms with Gasteiger partial charge >= 0.3 is 0 Å². The van der Waals surface area contributed by atoms with E-state index in [0.717, 1.165) is 38.6 Å². The van der Waals surface area contributed by atoms with Gasteiger partial charge in [-0.2, -0.15) is 0 Å². The number of nitrogens with zero attached hydrogens (tertiary/aromatic N) is 1. The topological polar surface area (TPSA) is 97.5 Å². The van der Waals surface area contributed by atoms with Crippen molar-refractivity contribution < 1.29 is 14.6 Å². The van der Waals surface area contributed by atoms with Crippen LogP contribution in [0.5, 0.6) is 11.6 Å². The molecule has 0 unspecified atom stereocenters. The highest BCUT2D eigenvalue weighted by molar-refractivity contribution is 5.92. The summed E-state index contributed by atoms with van der Waals surface area (Å²) in [4.78, 5) is 15.1. The molecule has 0 spiro atoms. The van der Waals surface area contributed by atoms with Gasteiger partial charge in [0, 0.05) is 18.3 Å². The number of pyridine rings is 1. The smallest absolute Gasteiger partial charge is 0.250 e. The Bertz CT molecular complexity index is 716. The third-order valence-corrected chi connectivity index (χ3v) is 4.66. The Kier molecular flexibility index (Phi) is 6.20. The molecular weight excluding hydrogens is 330 g/mol. The number of carbonyl (C=O) groups is 1. The lowest BCUT2D eigenvalue weighted by Gasteiger charge is -2.26. The van der Waals surface area contributed by atoms with Crippen LogP contribution in [-0.4, -0.2) is 34.7 Å². The molecule has 1 aromatic carbocycles. The Balaban J connectivity index is 1.46. The molecule has 1 fully saturated rings. The van der Waals surface area contributed by atoms with Crippen molar-refractivity contribution in [3.8, 4) is 11.6 Å². The van der Waals surface area contributed by atoms with Crippen molar-refractivity contribution in [2.75, 3.05) is 6.54 Å². The third kappa shape index (κ3) is 5.28. The maximum Gasteiger partial charge on any atom is 0.250 e. The molecule has 0 radical (unpaired) electrons. The monoisotopic (exact) mass is 355 g/mol. The van der Waals surface area contributed by atoms with Gasteiger partial charge in [-0.3, -0.25) is 4.79 Å². The summed E-state index contributed by atoms with van der Waals surface area (Å²) in [5.41, 5.74) is 6.76. The van der Waals surface area contributed by atoms with E-state index in [-0.39, 0.29) is 6.10 Å². The first-order valence-corrected chi connectivity index (χ1v) is 9.04. The van der Waals surface area contributed by atoms with Crippen LogP contribution >= 0.6 is 0 Å². The van der Waals surface area contributed by atoms with E-state index in [4.69, 9.17) is 10.5 Å². The molecule has 2 atom stereocenters. The number of nitrogens with one attached hydrogen (secondary N) is 1. The molecule has 4 N–H and O–H groups in total. The van der Waals surface area contributed by atoms with Gasteiger partial charge in [-0.05, 0) is 62.4 Å². The Morgan fingerprint density at radius 2 is 2.04 bits per heavy atom. The van der Waals surface area contributed by atoms with Crippen LogP contribution in [0.15, 0.2) is 42.6 Å². The summed E-state index contributed by atoms with van der Waals surface area (Å²) in [5, 5.41) is 13.2. The number of amides is 1. The maximum absolute atomic E-state index is 11.0. The van der Waals surface area contributed by atoms with E-state index in [9.17, 15) is 9.90 Å². The molecule has 1 saturated carbocycles. The SMILES string of the molecule is NC(=O)c1ccc(Oc2ccc(CCN[C@H]3CCC[C@@H](O)C3)cc2)nc1. The first-order valence-electron chi connectivity index (χ1n) is 9.04. The summed E-state index contributed by atoms with van der Waals surface area (Å²) < 4.78 is 5.67. The number of aliphatic hydroxyl groups is 1. The highest BCUT2D eigenvalue weighted by Crippen LogP contribution is 2.21. The third-order valence-electron chi connectivity index (χ3n) is 4.66.